The van der Waals surface area contributed by atoms with Crippen LogP contribution in [0.15, 0.2) is 182 Å². The van der Waals surface area contributed by atoms with E-state index in [4.69, 9.17) is 5.11 Å². The van der Waals surface area contributed by atoms with Crippen molar-refractivity contribution >= 4 is 54.9 Å². The molecule has 48 heavy (non-hydrogen) atoms. The summed E-state index contributed by atoms with van der Waals surface area (Å²) >= 11 is 0. The predicted molar refractivity (Wildman–Crippen MR) is 196 cm³/mol. The molecule has 6 aromatic carbocycles. The third-order valence-electron chi connectivity index (χ3n) is 6.09. The zero-order chi connectivity index (χ0) is 33.9. The average Bonchev–Trinajstić information content (AvgIpc) is 3.07. The Bertz CT molecular complexity index is 1340. The van der Waals surface area contributed by atoms with Crippen LogP contribution in [0.2, 0.25) is 0 Å². The van der Waals surface area contributed by atoms with Crippen LogP contribution >= 0.6 is 15.8 Å². The first-order valence-corrected chi connectivity index (χ1v) is 17.3. The molecule has 247 valence electrons. The molecule has 0 fully saturated rings. The summed E-state index contributed by atoms with van der Waals surface area (Å²) in [6.07, 6.45) is -0.0833. The first-order chi connectivity index (χ1) is 22.6. The van der Waals surface area contributed by atoms with Gasteiger partial charge in [-0.2, -0.15) is 0 Å². The third kappa shape index (κ3) is 15.7. The van der Waals surface area contributed by atoms with Gasteiger partial charge in [0, 0.05) is 0 Å². The van der Waals surface area contributed by atoms with Crippen LogP contribution in [0.3, 0.4) is 0 Å². The molecule has 1 N–H and O–H groups in total. The zero-order valence-electron chi connectivity index (χ0n) is 26.0. The van der Waals surface area contributed by atoms with Crippen molar-refractivity contribution in [2.45, 2.75) is 0 Å². The van der Waals surface area contributed by atoms with E-state index >= 15 is 0 Å². The summed E-state index contributed by atoms with van der Waals surface area (Å²) in [5, 5.41) is 16.1. The van der Waals surface area contributed by atoms with Gasteiger partial charge in [-0.15, -0.1) is 0 Å². The van der Waals surface area contributed by atoms with Crippen LogP contribution in [-0.2, 0) is 21.1 Å². The Balaban J connectivity index is 0.000000263. The molecular formula is C39H35BF4OP2Pt+. The minimum Gasteiger partial charge on any atom is -0.418 e. The second kappa shape index (κ2) is 22.3. The van der Waals surface area contributed by atoms with Gasteiger partial charge in [0.2, 0.25) is 0 Å². The van der Waals surface area contributed by atoms with Gasteiger partial charge in [-0.25, -0.2) is 0 Å². The maximum absolute atomic E-state index is 9.75. The first-order valence-electron chi connectivity index (χ1n) is 14.6. The molecular weight excluding hydrogens is 828 g/mol. The second-order valence-electron chi connectivity index (χ2n) is 9.75. The molecule has 0 spiro atoms. The normalized spacial score (nSPS) is 10.4. The standard InChI is InChI=1S/2C18H15P.C3H5O.BF4.Pt/c2*1-4-10-16(11-5-1)19(17-12-6-2-7-13-17)18-14-8-3-9-15-18;1-3(2)4;2-1(3,4)5;/h2*1-15H;4H,1-2H2;;/q;;;-1;+2. The number of aliphatic hydroxyl groups is 1. The smallest absolute Gasteiger partial charge is 0.418 e. The van der Waals surface area contributed by atoms with E-state index in [9.17, 15) is 17.3 Å². The molecule has 0 heterocycles. The Hall–Kier alpha value is -3.39. The Kier molecular flexibility index (Phi) is 18.9. The zero-order valence-corrected chi connectivity index (χ0v) is 30.0. The Morgan fingerprint density at radius 3 is 0.583 bits per heavy atom. The summed E-state index contributed by atoms with van der Waals surface area (Å²) in [5.74, 6) is 0. The van der Waals surface area contributed by atoms with Gasteiger partial charge in [0.15, 0.2) is 0 Å². The van der Waals surface area contributed by atoms with Crippen molar-refractivity contribution in [1.82, 2.24) is 0 Å². The Morgan fingerprint density at radius 1 is 0.375 bits per heavy atom. The summed E-state index contributed by atoms with van der Waals surface area (Å²) in [6.45, 7) is 6.00. The van der Waals surface area contributed by atoms with Gasteiger partial charge in [0.25, 0.3) is 0 Å². The van der Waals surface area contributed by atoms with Gasteiger partial charge in [0.05, 0.1) is 6.10 Å². The Labute approximate surface area is 299 Å². The van der Waals surface area contributed by atoms with Crippen LogP contribution in [0.1, 0.15) is 0 Å². The van der Waals surface area contributed by atoms with Crippen LogP contribution in [0.25, 0.3) is 0 Å². The Morgan fingerprint density at radius 2 is 0.479 bits per heavy atom. The number of aliphatic hydroxyl groups excluding tert-OH is 1. The van der Waals surface area contributed by atoms with E-state index in [1.54, 1.807) is 0 Å². The topological polar surface area (TPSA) is 20.2 Å². The van der Waals surface area contributed by atoms with Crippen molar-refractivity contribution in [2.24, 2.45) is 0 Å². The molecule has 9 heteroatoms. The summed E-state index contributed by atoms with van der Waals surface area (Å²) in [7, 11) is -6.89. The van der Waals surface area contributed by atoms with Crippen LogP contribution in [0.5, 0.6) is 0 Å². The van der Waals surface area contributed by atoms with Crippen molar-refractivity contribution < 1.29 is 43.4 Å². The van der Waals surface area contributed by atoms with Gasteiger partial charge in [-0.3, -0.25) is 0 Å². The van der Waals surface area contributed by atoms with E-state index in [2.05, 4.69) is 196 Å². The third-order valence-corrected chi connectivity index (χ3v) is 11.0. The number of rotatable bonds is 6. The number of hydrogen-bond acceptors (Lipinski definition) is 1. The van der Waals surface area contributed by atoms with E-state index < -0.39 is 23.1 Å². The molecule has 0 aliphatic carbocycles. The first kappa shape index (κ1) is 40.8. The quantitative estimate of drug-likeness (QED) is 0.101. The van der Waals surface area contributed by atoms with Crippen LogP contribution in [0.4, 0.5) is 17.3 Å². The minimum atomic E-state index is -6.00. The van der Waals surface area contributed by atoms with Gasteiger partial charge in [0.1, 0.15) is 0 Å². The fourth-order valence-corrected chi connectivity index (χ4v) is 8.97. The molecule has 1 nitrogen and oxygen atoms in total. The molecule has 0 aliphatic rings. The number of benzene rings is 6. The fraction of sp³-hybridized carbons (Fsp3) is 0. The minimum absolute atomic E-state index is 0. The van der Waals surface area contributed by atoms with Gasteiger partial charge >= 0.3 is 28.3 Å². The molecule has 0 unspecified atom stereocenters. The summed E-state index contributed by atoms with van der Waals surface area (Å²) < 4.78 is 39.0. The molecule has 0 saturated heterocycles. The molecule has 0 bridgehead atoms. The van der Waals surface area contributed by atoms with Crippen LogP contribution in [-0.4, -0.2) is 12.4 Å². The number of hydrogen-bond donors (Lipinski definition) is 1. The largest absolute Gasteiger partial charge is 2.00 e. The molecule has 6 rings (SSSR count). The maximum atomic E-state index is 9.75. The average molecular weight is 864 g/mol. The van der Waals surface area contributed by atoms with Crippen LogP contribution < -0.4 is 31.8 Å². The summed E-state index contributed by atoms with van der Waals surface area (Å²) in [4.78, 5) is 0. The molecule has 0 amide bonds. The van der Waals surface area contributed by atoms with Crippen molar-refractivity contribution in [2.75, 3.05) is 0 Å². The van der Waals surface area contributed by atoms with Crippen molar-refractivity contribution in [3.05, 3.63) is 202 Å². The van der Waals surface area contributed by atoms with E-state index in [0.717, 1.165) is 0 Å². The molecule has 6 aromatic rings. The second-order valence-corrected chi connectivity index (χ2v) is 14.2. The molecule has 0 aliphatic heterocycles. The monoisotopic (exact) mass is 863 g/mol. The summed E-state index contributed by atoms with van der Waals surface area (Å²) in [5.41, 5.74) is 0. The van der Waals surface area contributed by atoms with E-state index in [0.29, 0.717) is 0 Å². The van der Waals surface area contributed by atoms with E-state index in [-0.39, 0.29) is 27.2 Å². The van der Waals surface area contributed by atoms with Gasteiger partial charge in [-0.05, 0) is 61.5 Å². The van der Waals surface area contributed by atoms with Gasteiger partial charge < -0.3 is 22.4 Å². The molecule has 0 atom stereocenters. The van der Waals surface area contributed by atoms with Crippen molar-refractivity contribution in [3.8, 4) is 0 Å². The number of halogens is 4. The van der Waals surface area contributed by atoms with Crippen LogP contribution in [0, 0.1) is 20.0 Å². The SMILES string of the molecule is F[B-](F)(F)F.[CH2][C]([CH2])O.[Pt+2].c1ccc(P(c2ccccc2)c2ccccc2)cc1.c1ccc(P(c2ccccc2)c2ccccc2)cc1. The molecule has 3 radical (unpaired) electrons. The maximum Gasteiger partial charge on any atom is 2.00 e. The van der Waals surface area contributed by atoms with Gasteiger partial charge in [-0.1, -0.05) is 182 Å². The summed E-state index contributed by atoms with van der Waals surface area (Å²) in [6, 6.07) is 64.7. The van der Waals surface area contributed by atoms with E-state index in [1.165, 1.54) is 31.8 Å². The molecule has 0 saturated carbocycles. The van der Waals surface area contributed by atoms with Crippen molar-refractivity contribution in [3.63, 3.8) is 0 Å². The predicted octanol–water partition coefficient (Wildman–Crippen LogP) is 8.75. The van der Waals surface area contributed by atoms with E-state index in [1.807, 2.05) is 0 Å². The fourth-order valence-electron chi connectivity index (χ4n) is 4.36. The van der Waals surface area contributed by atoms with Crippen molar-refractivity contribution in [1.29, 1.82) is 0 Å². The molecule has 0 aromatic heterocycles.